The fourth-order valence-corrected chi connectivity index (χ4v) is 1.68. The van der Waals surface area contributed by atoms with E-state index in [4.69, 9.17) is 16.2 Å². The lowest BCUT2D eigenvalue weighted by atomic mass is 10.1. The zero-order valence-corrected chi connectivity index (χ0v) is 10.4. The Balaban J connectivity index is 2.24. The van der Waals surface area contributed by atoms with Gasteiger partial charge in [-0.2, -0.15) is 0 Å². The summed E-state index contributed by atoms with van der Waals surface area (Å²) in [7, 11) is 0. The van der Waals surface area contributed by atoms with Crippen LogP contribution in [-0.4, -0.2) is 5.91 Å². The second-order valence-corrected chi connectivity index (χ2v) is 4.12. The van der Waals surface area contributed by atoms with E-state index in [0.717, 1.165) is 6.07 Å². The molecule has 0 saturated carbocycles. The molecule has 0 aliphatic heterocycles. The molecule has 0 bridgehead atoms. The number of halogens is 2. The third kappa shape index (κ3) is 2.85. The molecule has 2 aromatic carbocycles. The molecule has 0 fully saturated rings. The fraction of sp³-hybridized carbons (Fsp3) is 0.0714. The third-order valence-electron chi connectivity index (χ3n) is 2.69. The van der Waals surface area contributed by atoms with E-state index in [1.54, 1.807) is 0 Å². The first-order chi connectivity index (χ1) is 9.49. The maximum Gasteiger partial charge on any atom is 0.252 e. The molecule has 4 nitrogen and oxygen atoms in total. The van der Waals surface area contributed by atoms with Crippen molar-refractivity contribution < 1.29 is 18.3 Å². The predicted octanol–water partition coefficient (Wildman–Crippen LogP) is 2.22. The number of hydrogen-bond donors (Lipinski definition) is 2. The van der Waals surface area contributed by atoms with Crippen LogP contribution in [0.3, 0.4) is 0 Å². The van der Waals surface area contributed by atoms with E-state index < -0.39 is 17.5 Å². The lowest BCUT2D eigenvalue weighted by Crippen LogP contribution is -2.13. The van der Waals surface area contributed by atoms with E-state index in [2.05, 4.69) is 0 Å². The Kier molecular flexibility index (Phi) is 3.84. The molecule has 2 aromatic rings. The lowest BCUT2D eigenvalue weighted by Gasteiger charge is -2.11. The number of nitrogen functional groups attached to an aromatic ring is 1. The highest BCUT2D eigenvalue weighted by Crippen LogP contribution is 2.23. The molecule has 0 aliphatic carbocycles. The molecule has 0 radical (unpaired) electrons. The first-order valence-corrected chi connectivity index (χ1v) is 5.74. The van der Waals surface area contributed by atoms with E-state index in [1.807, 2.05) is 0 Å². The minimum Gasteiger partial charge on any atom is -0.488 e. The summed E-state index contributed by atoms with van der Waals surface area (Å²) in [6, 6.07) is 8.07. The summed E-state index contributed by atoms with van der Waals surface area (Å²) in [4.78, 5) is 11.2. The van der Waals surface area contributed by atoms with Crippen molar-refractivity contribution >= 4 is 11.6 Å². The summed E-state index contributed by atoms with van der Waals surface area (Å²) >= 11 is 0. The predicted molar refractivity (Wildman–Crippen MR) is 70.1 cm³/mol. The van der Waals surface area contributed by atoms with Crippen molar-refractivity contribution in [1.29, 1.82) is 0 Å². The van der Waals surface area contributed by atoms with Crippen LogP contribution in [-0.2, 0) is 6.61 Å². The zero-order valence-electron chi connectivity index (χ0n) is 10.4. The van der Waals surface area contributed by atoms with Gasteiger partial charge < -0.3 is 16.2 Å². The van der Waals surface area contributed by atoms with Crippen LogP contribution in [0.1, 0.15) is 15.9 Å². The molecule has 0 heterocycles. The minimum absolute atomic E-state index is 0.0304. The van der Waals surface area contributed by atoms with Crippen molar-refractivity contribution in [1.82, 2.24) is 0 Å². The quantitative estimate of drug-likeness (QED) is 0.842. The van der Waals surface area contributed by atoms with Gasteiger partial charge in [-0.25, -0.2) is 8.78 Å². The van der Waals surface area contributed by atoms with Crippen LogP contribution in [0, 0.1) is 11.6 Å². The number of benzene rings is 2. The molecule has 20 heavy (non-hydrogen) atoms. The summed E-state index contributed by atoms with van der Waals surface area (Å²) in [6.45, 7) is -0.243. The molecule has 1 amide bonds. The first kappa shape index (κ1) is 13.8. The number of ether oxygens (including phenoxy) is 1. The van der Waals surface area contributed by atoms with Crippen LogP contribution in [0.25, 0.3) is 0 Å². The summed E-state index contributed by atoms with van der Waals surface area (Å²) in [5.41, 5.74) is 11.3. The first-order valence-electron chi connectivity index (χ1n) is 5.74. The number of rotatable bonds is 4. The van der Waals surface area contributed by atoms with Gasteiger partial charge in [-0.15, -0.1) is 0 Å². The van der Waals surface area contributed by atoms with Gasteiger partial charge in [0.2, 0.25) is 0 Å². The monoisotopic (exact) mass is 278 g/mol. The summed E-state index contributed by atoms with van der Waals surface area (Å²) < 4.78 is 31.8. The molecule has 0 aromatic heterocycles. The Bertz CT molecular complexity index is 660. The van der Waals surface area contributed by atoms with E-state index in [-0.39, 0.29) is 23.5 Å². The highest BCUT2D eigenvalue weighted by molar-refractivity contribution is 5.96. The third-order valence-corrected chi connectivity index (χ3v) is 2.69. The Morgan fingerprint density at radius 3 is 2.65 bits per heavy atom. The van der Waals surface area contributed by atoms with Crippen LogP contribution in [0.5, 0.6) is 5.75 Å². The maximum atomic E-state index is 13.5. The molecule has 0 spiro atoms. The smallest absolute Gasteiger partial charge is 0.252 e. The van der Waals surface area contributed by atoms with Crippen molar-refractivity contribution in [3.05, 3.63) is 59.2 Å². The van der Waals surface area contributed by atoms with Crippen molar-refractivity contribution in [3.63, 3.8) is 0 Å². The van der Waals surface area contributed by atoms with Gasteiger partial charge in [0.25, 0.3) is 5.91 Å². The number of carbonyl (C=O) groups excluding carboxylic acids is 1. The van der Waals surface area contributed by atoms with Crippen molar-refractivity contribution in [2.75, 3.05) is 5.73 Å². The highest BCUT2D eigenvalue weighted by Gasteiger charge is 2.12. The van der Waals surface area contributed by atoms with E-state index in [1.165, 1.54) is 30.3 Å². The van der Waals surface area contributed by atoms with Crippen molar-refractivity contribution in [2.24, 2.45) is 5.73 Å². The molecular weight excluding hydrogens is 266 g/mol. The lowest BCUT2D eigenvalue weighted by molar-refractivity contribution is 0.0996. The van der Waals surface area contributed by atoms with Gasteiger partial charge in [-0.05, 0) is 18.2 Å². The summed E-state index contributed by atoms with van der Waals surface area (Å²) in [5, 5.41) is 0. The van der Waals surface area contributed by atoms with Crippen LogP contribution < -0.4 is 16.2 Å². The molecular formula is C14H12F2N2O2. The van der Waals surface area contributed by atoms with Gasteiger partial charge in [0, 0.05) is 17.3 Å². The number of primary amides is 1. The number of nitrogens with two attached hydrogens (primary N) is 2. The summed E-state index contributed by atoms with van der Waals surface area (Å²) in [5.74, 6) is -2.52. The number of anilines is 1. The van der Waals surface area contributed by atoms with Gasteiger partial charge in [0.1, 0.15) is 12.4 Å². The summed E-state index contributed by atoms with van der Waals surface area (Å²) in [6.07, 6.45) is 0. The molecule has 104 valence electrons. The van der Waals surface area contributed by atoms with Gasteiger partial charge in [-0.3, -0.25) is 4.79 Å². The Morgan fingerprint density at radius 1 is 1.20 bits per heavy atom. The molecule has 0 atom stereocenters. The molecule has 0 unspecified atom stereocenters. The van der Waals surface area contributed by atoms with Crippen LogP contribution in [0.4, 0.5) is 14.5 Å². The maximum absolute atomic E-state index is 13.5. The SMILES string of the molecule is NC(=O)c1ccc(N)cc1OCc1cccc(F)c1F. The van der Waals surface area contributed by atoms with Crippen molar-refractivity contribution in [2.45, 2.75) is 6.61 Å². The Hall–Kier alpha value is -2.63. The van der Waals surface area contributed by atoms with E-state index in [0.29, 0.717) is 5.69 Å². The van der Waals surface area contributed by atoms with E-state index >= 15 is 0 Å². The Morgan fingerprint density at radius 2 is 1.95 bits per heavy atom. The van der Waals surface area contributed by atoms with Gasteiger partial charge >= 0.3 is 0 Å². The standard InChI is InChI=1S/C14H12F2N2O2/c15-11-3-1-2-8(13(11)16)7-20-12-6-9(17)4-5-10(12)14(18)19/h1-6H,7,17H2,(H2,18,19). The number of amides is 1. The van der Waals surface area contributed by atoms with Gasteiger partial charge in [0.15, 0.2) is 11.6 Å². The number of carbonyl (C=O) groups is 1. The van der Waals surface area contributed by atoms with Crippen molar-refractivity contribution in [3.8, 4) is 5.75 Å². The molecule has 0 saturated heterocycles. The number of hydrogen-bond acceptors (Lipinski definition) is 3. The molecule has 2 rings (SSSR count). The largest absolute Gasteiger partial charge is 0.488 e. The molecule has 0 aliphatic rings. The second kappa shape index (κ2) is 5.56. The highest BCUT2D eigenvalue weighted by atomic mass is 19.2. The molecule has 4 N–H and O–H groups in total. The topological polar surface area (TPSA) is 78.3 Å². The fourth-order valence-electron chi connectivity index (χ4n) is 1.68. The van der Waals surface area contributed by atoms with Gasteiger partial charge in [-0.1, -0.05) is 12.1 Å². The average Bonchev–Trinajstić information content (AvgIpc) is 2.40. The van der Waals surface area contributed by atoms with Crippen LogP contribution in [0.2, 0.25) is 0 Å². The second-order valence-electron chi connectivity index (χ2n) is 4.12. The Labute approximate surface area is 114 Å². The molecule has 6 heteroatoms. The van der Waals surface area contributed by atoms with Crippen LogP contribution in [0.15, 0.2) is 36.4 Å². The minimum atomic E-state index is -0.989. The van der Waals surface area contributed by atoms with Crippen LogP contribution >= 0.6 is 0 Å². The normalized spacial score (nSPS) is 10.3. The van der Waals surface area contributed by atoms with E-state index in [9.17, 15) is 13.6 Å². The zero-order chi connectivity index (χ0) is 14.7. The van der Waals surface area contributed by atoms with Gasteiger partial charge in [0.05, 0.1) is 5.56 Å². The average molecular weight is 278 g/mol.